The Hall–Kier alpha value is -1.56. The number of halogens is 2. The third kappa shape index (κ3) is 3.96. The maximum atomic E-state index is 6.02. The molecule has 0 aliphatic rings. The lowest BCUT2D eigenvalue weighted by molar-refractivity contribution is 1.02. The van der Waals surface area contributed by atoms with E-state index in [0.29, 0.717) is 11.0 Å². The highest BCUT2D eigenvalue weighted by Crippen LogP contribution is 2.25. The lowest BCUT2D eigenvalue weighted by Gasteiger charge is -2.09. The topological polar surface area (TPSA) is 62.4 Å². The Labute approximate surface area is 124 Å². The third-order valence-corrected chi connectivity index (χ3v) is 3.55. The van der Waals surface area contributed by atoms with Gasteiger partial charge in [-0.1, -0.05) is 29.8 Å². The third-order valence-electron chi connectivity index (χ3n) is 2.32. The highest BCUT2D eigenvalue weighted by Gasteiger charge is 2.02. The number of nitrogens with zero attached hydrogens (tertiary/aromatic N) is 1. The average Bonchev–Trinajstić information content (AvgIpc) is 2.43. The number of nitrogens with two attached hydrogens (primary N) is 1. The molecule has 0 fully saturated rings. The van der Waals surface area contributed by atoms with E-state index in [4.69, 9.17) is 17.4 Å². The maximum absolute atomic E-state index is 6.02. The van der Waals surface area contributed by atoms with Crippen molar-refractivity contribution < 1.29 is 0 Å². The number of para-hydroxylation sites is 1. The molecule has 0 aliphatic heterocycles. The lowest BCUT2D eigenvalue weighted by Crippen LogP contribution is -2.35. The van der Waals surface area contributed by atoms with E-state index >= 15 is 0 Å². The molecule has 6 heteroatoms. The number of rotatable bonds is 2. The van der Waals surface area contributed by atoms with Gasteiger partial charge in [-0.2, -0.15) is 0 Å². The summed E-state index contributed by atoms with van der Waals surface area (Å²) in [4.78, 5) is 4.34. The van der Waals surface area contributed by atoms with Crippen LogP contribution in [0.4, 0.5) is 11.4 Å². The SMILES string of the molecule is NNC(=Nc1ccccc1)Nc1ccc(Br)c(Cl)c1. The van der Waals surface area contributed by atoms with Gasteiger partial charge in [-0.25, -0.2) is 10.8 Å². The second-order valence-electron chi connectivity index (χ2n) is 3.69. The van der Waals surface area contributed by atoms with Gasteiger partial charge in [-0.05, 0) is 46.3 Å². The average molecular weight is 340 g/mol. The van der Waals surface area contributed by atoms with Crippen LogP contribution in [-0.2, 0) is 0 Å². The lowest BCUT2D eigenvalue weighted by atomic mass is 10.3. The summed E-state index contributed by atoms with van der Waals surface area (Å²) in [7, 11) is 0. The van der Waals surface area contributed by atoms with E-state index < -0.39 is 0 Å². The van der Waals surface area contributed by atoms with Crippen LogP contribution in [0.25, 0.3) is 0 Å². The highest BCUT2D eigenvalue weighted by molar-refractivity contribution is 9.10. The molecular weight excluding hydrogens is 328 g/mol. The molecular formula is C13H12BrClN4. The normalized spacial score (nSPS) is 11.2. The van der Waals surface area contributed by atoms with Gasteiger partial charge in [-0.15, -0.1) is 0 Å². The van der Waals surface area contributed by atoms with Gasteiger partial charge in [0.05, 0.1) is 10.7 Å². The number of hydrazine groups is 1. The monoisotopic (exact) mass is 338 g/mol. The van der Waals surface area contributed by atoms with Crippen molar-refractivity contribution in [1.82, 2.24) is 5.43 Å². The van der Waals surface area contributed by atoms with Crippen molar-refractivity contribution in [1.29, 1.82) is 0 Å². The Morgan fingerprint density at radius 2 is 1.89 bits per heavy atom. The molecule has 2 aromatic rings. The summed E-state index contributed by atoms with van der Waals surface area (Å²) in [5.41, 5.74) is 4.11. The van der Waals surface area contributed by atoms with Gasteiger partial charge in [-0.3, -0.25) is 5.43 Å². The molecule has 19 heavy (non-hydrogen) atoms. The molecule has 2 aromatic carbocycles. The molecule has 98 valence electrons. The fourth-order valence-electron chi connectivity index (χ4n) is 1.44. The first-order chi connectivity index (χ1) is 9.19. The molecule has 0 aromatic heterocycles. The predicted molar refractivity (Wildman–Crippen MR) is 83.6 cm³/mol. The Kier molecular flexibility index (Phi) is 4.79. The minimum Gasteiger partial charge on any atom is -0.325 e. The van der Waals surface area contributed by atoms with Crippen LogP contribution in [0.15, 0.2) is 58.0 Å². The van der Waals surface area contributed by atoms with Crippen LogP contribution in [0.2, 0.25) is 5.02 Å². The zero-order chi connectivity index (χ0) is 13.7. The van der Waals surface area contributed by atoms with E-state index in [0.717, 1.165) is 15.8 Å². The zero-order valence-corrected chi connectivity index (χ0v) is 12.2. The number of benzene rings is 2. The van der Waals surface area contributed by atoms with Gasteiger partial charge in [0.2, 0.25) is 5.96 Å². The van der Waals surface area contributed by atoms with Crippen LogP contribution >= 0.6 is 27.5 Å². The highest BCUT2D eigenvalue weighted by atomic mass is 79.9. The summed E-state index contributed by atoms with van der Waals surface area (Å²) >= 11 is 9.36. The number of hydrogen-bond donors (Lipinski definition) is 3. The molecule has 0 bridgehead atoms. The first-order valence-electron chi connectivity index (χ1n) is 5.51. The van der Waals surface area contributed by atoms with Crippen LogP contribution < -0.4 is 16.6 Å². The van der Waals surface area contributed by atoms with Crippen LogP contribution in [0.1, 0.15) is 0 Å². The van der Waals surface area contributed by atoms with Crippen LogP contribution in [0.5, 0.6) is 0 Å². The van der Waals surface area contributed by atoms with Gasteiger partial charge in [0.25, 0.3) is 0 Å². The molecule has 0 amide bonds. The van der Waals surface area contributed by atoms with Gasteiger partial charge >= 0.3 is 0 Å². The van der Waals surface area contributed by atoms with Crippen LogP contribution in [-0.4, -0.2) is 5.96 Å². The Balaban J connectivity index is 2.19. The molecule has 2 rings (SSSR count). The molecule has 0 saturated heterocycles. The van der Waals surface area contributed by atoms with E-state index in [1.807, 2.05) is 42.5 Å². The van der Waals surface area contributed by atoms with Gasteiger partial charge in [0, 0.05) is 10.2 Å². The zero-order valence-electron chi connectivity index (χ0n) is 9.90. The number of nitrogens with one attached hydrogen (secondary N) is 2. The summed E-state index contributed by atoms with van der Waals surface area (Å²) in [6.07, 6.45) is 0. The molecule has 0 spiro atoms. The molecule has 4 nitrogen and oxygen atoms in total. The Bertz CT molecular complexity index is 586. The first kappa shape index (κ1) is 13.9. The standard InChI is InChI=1S/C13H12BrClN4/c14-11-7-6-10(8-12(11)15)18-13(19-16)17-9-4-2-1-3-5-9/h1-8H,16H2,(H2,17,18,19). The minimum absolute atomic E-state index is 0.435. The van der Waals surface area contributed by atoms with E-state index in [9.17, 15) is 0 Å². The largest absolute Gasteiger partial charge is 0.325 e. The van der Waals surface area contributed by atoms with Gasteiger partial charge in [0.15, 0.2) is 0 Å². The van der Waals surface area contributed by atoms with Crippen LogP contribution in [0.3, 0.4) is 0 Å². The quantitative estimate of drug-likeness (QED) is 0.339. The summed E-state index contributed by atoms with van der Waals surface area (Å²) in [5.74, 6) is 5.89. The number of guanidine groups is 1. The van der Waals surface area contributed by atoms with Crippen molar-refractivity contribution in [2.45, 2.75) is 0 Å². The minimum atomic E-state index is 0.435. The molecule has 0 atom stereocenters. The van der Waals surface area contributed by atoms with Crippen molar-refractivity contribution in [2.24, 2.45) is 10.8 Å². The van der Waals surface area contributed by atoms with Crippen molar-refractivity contribution in [3.05, 3.63) is 58.0 Å². The fourth-order valence-corrected chi connectivity index (χ4v) is 1.87. The van der Waals surface area contributed by atoms with E-state index in [-0.39, 0.29) is 0 Å². The number of aliphatic imine (C=N–C) groups is 1. The Morgan fingerprint density at radius 3 is 2.53 bits per heavy atom. The van der Waals surface area contributed by atoms with Gasteiger partial charge < -0.3 is 5.32 Å². The second-order valence-corrected chi connectivity index (χ2v) is 4.96. The first-order valence-corrected chi connectivity index (χ1v) is 6.68. The maximum Gasteiger partial charge on any atom is 0.215 e. The second kappa shape index (κ2) is 6.56. The molecule has 0 unspecified atom stereocenters. The predicted octanol–water partition coefficient (Wildman–Crippen LogP) is 3.67. The smallest absolute Gasteiger partial charge is 0.215 e. The van der Waals surface area contributed by atoms with Crippen molar-refractivity contribution in [3.63, 3.8) is 0 Å². The van der Waals surface area contributed by atoms with E-state index in [1.54, 1.807) is 6.07 Å². The summed E-state index contributed by atoms with van der Waals surface area (Å²) < 4.78 is 0.835. The van der Waals surface area contributed by atoms with E-state index in [1.165, 1.54) is 0 Å². The fraction of sp³-hybridized carbons (Fsp3) is 0. The van der Waals surface area contributed by atoms with Crippen molar-refractivity contribution in [3.8, 4) is 0 Å². The summed E-state index contributed by atoms with van der Waals surface area (Å²) in [6.45, 7) is 0. The van der Waals surface area contributed by atoms with Crippen molar-refractivity contribution >= 4 is 44.9 Å². The van der Waals surface area contributed by atoms with Crippen LogP contribution in [0, 0.1) is 0 Å². The number of hydrogen-bond acceptors (Lipinski definition) is 2. The molecule has 0 radical (unpaired) electrons. The molecule has 4 N–H and O–H groups in total. The Morgan fingerprint density at radius 1 is 1.16 bits per heavy atom. The summed E-state index contributed by atoms with van der Waals surface area (Å²) in [5, 5.41) is 3.67. The van der Waals surface area contributed by atoms with E-state index in [2.05, 4.69) is 31.7 Å². The molecule has 0 aliphatic carbocycles. The molecule has 0 heterocycles. The number of anilines is 1. The summed E-state index contributed by atoms with van der Waals surface area (Å²) in [6, 6.07) is 15.0. The van der Waals surface area contributed by atoms with Gasteiger partial charge in [0.1, 0.15) is 0 Å². The molecule has 0 saturated carbocycles. The van der Waals surface area contributed by atoms with Crippen molar-refractivity contribution in [2.75, 3.05) is 5.32 Å².